The van der Waals surface area contributed by atoms with Gasteiger partial charge in [-0.2, -0.15) is 0 Å². The number of hydrogen-bond acceptors (Lipinski definition) is 4. The zero-order chi connectivity index (χ0) is 14.5. The number of ether oxygens (including phenoxy) is 1. The lowest BCUT2D eigenvalue weighted by Crippen LogP contribution is -2.24. The van der Waals surface area contributed by atoms with Gasteiger partial charge in [0, 0.05) is 11.4 Å². The van der Waals surface area contributed by atoms with Crippen LogP contribution in [0.4, 0.5) is 0 Å². The number of benzene rings is 1. The summed E-state index contributed by atoms with van der Waals surface area (Å²) in [6.45, 7) is 8.52. The van der Waals surface area contributed by atoms with Crippen LogP contribution in [-0.2, 0) is 16.1 Å². The molecule has 0 atom stereocenters. The predicted molar refractivity (Wildman–Crippen MR) is 80.5 cm³/mol. The number of hydrogen-bond donors (Lipinski definition) is 1. The van der Waals surface area contributed by atoms with Crippen molar-refractivity contribution in [3.8, 4) is 0 Å². The Labute approximate surface area is 120 Å². The molecule has 0 aliphatic carbocycles. The summed E-state index contributed by atoms with van der Waals surface area (Å²) >= 11 is 1.53. The zero-order valence-corrected chi connectivity index (χ0v) is 13.2. The van der Waals surface area contributed by atoms with Gasteiger partial charge in [0.05, 0.1) is 5.75 Å². The van der Waals surface area contributed by atoms with Crippen molar-refractivity contribution in [3.63, 3.8) is 0 Å². The predicted octanol–water partition coefficient (Wildman–Crippen LogP) is 3.15. The van der Waals surface area contributed by atoms with Crippen LogP contribution >= 0.6 is 11.8 Å². The number of nitrogens with one attached hydrogen (secondary N) is 1. The van der Waals surface area contributed by atoms with Crippen molar-refractivity contribution in [1.82, 2.24) is 5.32 Å². The molecule has 0 aliphatic rings. The highest BCUT2D eigenvalue weighted by Crippen LogP contribution is 2.24. The first-order valence-corrected chi connectivity index (χ1v) is 7.39. The molecular formula is C15H23NO2S. The van der Waals surface area contributed by atoms with Crippen molar-refractivity contribution in [1.29, 1.82) is 0 Å². The van der Waals surface area contributed by atoms with Crippen LogP contribution in [0.5, 0.6) is 0 Å². The van der Waals surface area contributed by atoms with Gasteiger partial charge in [-0.3, -0.25) is 4.79 Å². The molecule has 1 aromatic rings. The van der Waals surface area contributed by atoms with E-state index in [0.717, 1.165) is 11.4 Å². The molecule has 0 aromatic heterocycles. The van der Waals surface area contributed by atoms with E-state index in [2.05, 4.69) is 30.4 Å². The second-order valence-electron chi connectivity index (χ2n) is 5.52. The Bertz CT molecular complexity index is 438. The van der Waals surface area contributed by atoms with Crippen LogP contribution in [0.1, 0.15) is 31.9 Å². The van der Waals surface area contributed by atoms with E-state index < -0.39 is 5.60 Å². The van der Waals surface area contributed by atoms with Gasteiger partial charge in [0.1, 0.15) is 5.60 Å². The maximum atomic E-state index is 11.7. The molecule has 0 saturated heterocycles. The Kier molecular flexibility index (Phi) is 5.88. The van der Waals surface area contributed by atoms with Gasteiger partial charge in [0.2, 0.25) is 0 Å². The Morgan fingerprint density at radius 2 is 2.05 bits per heavy atom. The summed E-state index contributed by atoms with van der Waals surface area (Å²) < 4.78 is 5.31. The quantitative estimate of drug-likeness (QED) is 0.664. The van der Waals surface area contributed by atoms with E-state index in [1.54, 1.807) is 0 Å². The molecule has 19 heavy (non-hydrogen) atoms. The molecule has 1 rings (SSSR count). The van der Waals surface area contributed by atoms with Crippen molar-refractivity contribution in [3.05, 3.63) is 29.3 Å². The average Bonchev–Trinajstić information content (AvgIpc) is 2.26. The standard InChI is InChI=1S/C15H23NO2S/c1-11-6-7-13(12(8-11)9-16-5)19-10-14(17)18-15(2,3)4/h6-8,16H,9-10H2,1-5H3. The minimum Gasteiger partial charge on any atom is -0.459 e. The van der Waals surface area contributed by atoms with E-state index in [-0.39, 0.29) is 5.97 Å². The number of aryl methyl sites for hydroxylation is 1. The van der Waals surface area contributed by atoms with Gasteiger partial charge in [-0.05, 0) is 46.4 Å². The highest BCUT2D eigenvalue weighted by atomic mass is 32.2. The van der Waals surface area contributed by atoms with E-state index in [4.69, 9.17) is 4.74 Å². The third-order valence-electron chi connectivity index (χ3n) is 2.35. The van der Waals surface area contributed by atoms with Crippen LogP contribution in [0.3, 0.4) is 0 Å². The minimum atomic E-state index is -0.418. The topological polar surface area (TPSA) is 38.3 Å². The summed E-state index contributed by atoms with van der Waals surface area (Å²) in [7, 11) is 1.92. The highest BCUT2D eigenvalue weighted by molar-refractivity contribution is 8.00. The molecule has 4 heteroatoms. The van der Waals surface area contributed by atoms with Gasteiger partial charge in [-0.25, -0.2) is 0 Å². The third-order valence-corrected chi connectivity index (χ3v) is 3.44. The van der Waals surface area contributed by atoms with Gasteiger partial charge in [-0.15, -0.1) is 11.8 Å². The second kappa shape index (κ2) is 6.96. The monoisotopic (exact) mass is 281 g/mol. The molecule has 0 amide bonds. The Morgan fingerprint density at radius 3 is 2.63 bits per heavy atom. The largest absolute Gasteiger partial charge is 0.459 e. The molecule has 106 valence electrons. The highest BCUT2D eigenvalue weighted by Gasteiger charge is 2.16. The first-order valence-electron chi connectivity index (χ1n) is 6.40. The van der Waals surface area contributed by atoms with Crippen molar-refractivity contribution in [2.75, 3.05) is 12.8 Å². The average molecular weight is 281 g/mol. The fourth-order valence-electron chi connectivity index (χ4n) is 1.69. The van der Waals surface area contributed by atoms with Crippen LogP contribution in [0, 0.1) is 6.92 Å². The molecule has 0 radical (unpaired) electrons. The molecule has 3 nitrogen and oxygen atoms in total. The molecule has 0 saturated carbocycles. The maximum Gasteiger partial charge on any atom is 0.316 e. The van der Waals surface area contributed by atoms with Crippen LogP contribution in [-0.4, -0.2) is 24.4 Å². The van der Waals surface area contributed by atoms with Crippen LogP contribution in [0.2, 0.25) is 0 Å². The Balaban J connectivity index is 2.64. The first-order chi connectivity index (χ1) is 8.81. The van der Waals surface area contributed by atoms with E-state index in [1.807, 2.05) is 27.8 Å². The summed E-state index contributed by atoms with van der Waals surface area (Å²) in [5.74, 6) is 0.172. The fraction of sp³-hybridized carbons (Fsp3) is 0.533. The second-order valence-corrected chi connectivity index (χ2v) is 6.53. The van der Waals surface area contributed by atoms with E-state index in [0.29, 0.717) is 5.75 Å². The van der Waals surface area contributed by atoms with Crippen LogP contribution in [0.25, 0.3) is 0 Å². The lowest BCUT2D eigenvalue weighted by atomic mass is 10.1. The molecule has 0 bridgehead atoms. The van der Waals surface area contributed by atoms with E-state index in [1.165, 1.54) is 22.9 Å². The smallest absolute Gasteiger partial charge is 0.316 e. The molecule has 1 aromatic carbocycles. The number of carbonyl (C=O) groups is 1. The summed E-state index contributed by atoms with van der Waals surface area (Å²) in [4.78, 5) is 12.8. The summed E-state index contributed by atoms with van der Waals surface area (Å²) in [5, 5.41) is 3.15. The van der Waals surface area contributed by atoms with Crippen molar-refractivity contribution in [2.24, 2.45) is 0 Å². The summed E-state index contributed by atoms with van der Waals surface area (Å²) in [6, 6.07) is 6.28. The summed E-state index contributed by atoms with van der Waals surface area (Å²) in [6.07, 6.45) is 0. The summed E-state index contributed by atoms with van der Waals surface area (Å²) in [5.41, 5.74) is 2.03. The fourth-order valence-corrected chi connectivity index (χ4v) is 2.50. The Morgan fingerprint density at radius 1 is 1.37 bits per heavy atom. The number of carbonyl (C=O) groups excluding carboxylic acids is 1. The first kappa shape index (κ1) is 16.1. The molecule has 1 N–H and O–H groups in total. The van der Waals surface area contributed by atoms with Crippen molar-refractivity contribution in [2.45, 2.75) is 44.7 Å². The van der Waals surface area contributed by atoms with E-state index in [9.17, 15) is 4.79 Å². The molecule has 0 spiro atoms. The maximum absolute atomic E-state index is 11.7. The molecule has 0 unspecified atom stereocenters. The van der Waals surface area contributed by atoms with Gasteiger partial charge in [-0.1, -0.05) is 17.7 Å². The third kappa shape index (κ3) is 6.12. The lowest BCUT2D eigenvalue weighted by molar-refractivity contribution is -0.151. The minimum absolute atomic E-state index is 0.173. The zero-order valence-electron chi connectivity index (χ0n) is 12.4. The number of rotatable bonds is 5. The van der Waals surface area contributed by atoms with Crippen molar-refractivity contribution >= 4 is 17.7 Å². The molecular weight excluding hydrogens is 258 g/mol. The molecule has 0 heterocycles. The number of thioether (sulfide) groups is 1. The van der Waals surface area contributed by atoms with Gasteiger partial charge in [0.15, 0.2) is 0 Å². The SMILES string of the molecule is CNCc1cc(C)ccc1SCC(=O)OC(C)(C)C. The normalized spacial score (nSPS) is 11.4. The van der Waals surface area contributed by atoms with Gasteiger partial charge >= 0.3 is 5.97 Å². The van der Waals surface area contributed by atoms with Gasteiger partial charge in [0.25, 0.3) is 0 Å². The number of esters is 1. The van der Waals surface area contributed by atoms with E-state index >= 15 is 0 Å². The van der Waals surface area contributed by atoms with Gasteiger partial charge < -0.3 is 10.1 Å². The van der Waals surface area contributed by atoms with Crippen LogP contribution in [0.15, 0.2) is 23.1 Å². The molecule has 0 aliphatic heterocycles. The molecule has 0 fully saturated rings. The van der Waals surface area contributed by atoms with Crippen molar-refractivity contribution < 1.29 is 9.53 Å². The lowest BCUT2D eigenvalue weighted by Gasteiger charge is -2.19. The Hall–Kier alpha value is -1.00. The van der Waals surface area contributed by atoms with Crippen LogP contribution < -0.4 is 5.32 Å².